The van der Waals surface area contributed by atoms with Crippen LogP contribution in [-0.4, -0.2) is 56.5 Å². The number of amides is 1. The van der Waals surface area contributed by atoms with Crippen LogP contribution in [0.15, 0.2) is 41.1 Å². The SMILES string of the molecule is O=C(c1nn2cccnc2c1Br)N1CCN(Cc2ccc(Cl)c(Cl)c2)CC1. The van der Waals surface area contributed by atoms with E-state index in [2.05, 4.69) is 30.9 Å². The number of carbonyl (C=O) groups is 1. The molecule has 0 bridgehead atoms. The Morgan fingerprint density at radius 3 is 2.63 bits per heavy atom. The molecule has 6 nitrogen and oxygen atoms in total. The van der Waals surface area contributed by atoms with Gasteiger partial charge in [-0.25, -0.2) is 9.50 Å². The van der Waals surface area contributed by atoms with Crippen LogP contribution in [0.4, 0.5) is 0 Å². The maximum atomic E-state index is 12.9. The molecular formula is C18H16BrCl2N5O. The first-order chi connectivity index (χ1) is 13.0. The zero-order valence-corrected chi connectivity index (χ0v) is 17.4. The summed E-state index contributed by atoms with van der Waals surface area (Å²) in [5, 5.41) is 5.49. The van der Waals surface area contributed by atoms with E-state index < -0.39 is 0 Å². The Morgan fingerprint density at radius 2 is 1.93 bits per heavy atom. The van der Waals surface area contributed by atoms with Crippen molar-refractivity contribution in [1.29, 1.82) is 0 Å². The third-order valence-electron chi connectivity index (χ3n) is 4.59. The van der Waals surface area contributed by atoms with Crippen molar-refractivity contribution in [3.63, 3.8) is 0 Å². The van der Waals surface area contributed by atoms with Crippen LogP contribution in [0, 0.1) is 0 Å². The van der Waals surface area contributed by atoms with E-state index in [1.807, 2.05) is 23.1 Å². The highest BCUT2D eigenvalue weighted by Gasteiger charge is 2.27. The molecule has 0 spiro atoms. The monoisotopic (exact) mass is 467 g/mol. The molecule has 4 rings (SSSR count). The van der Waals surface area contributed by atoms with E-state index in [-0.39, 0.29) is 5.91 Å². The van der Waals surface area contributed by atoms with Crippen LogP contribution in [0.1, 0.15) is 16.1 Å². The van der Waals surface area contributed by atoms with Crippen molar-refractivity contribution in [1.82, 2.24) is 24.4 Å². The van der Waals surface area contributed by atoms with Crippen LogP contribution in [-0.2, 0) is 6.54 Å². The fourth-order valence-electron chi connectivity index (χ4n) is 3.15. The van der Waals surface area contributed by atoms with Gasteiger partial charge in [0, 0.05) is 45.1 Å². The van der Waals surface area contributed by atoms with E-state index in [1.54, 1.807) is 23.0 Å². The Hall–Kier alpha value is -1.67. The average Bonchev–Trinajstić information content (AvgIpc) is 3.02. The minimum atomic E-state index is -0.0819. The van der Waals surface area contributed by atoms with Gasteiger partial charge in [0.2, 0.25) is 0 Å². The lowest BCUT2D eigenvalue weighted by Crippen LogP contribution is -2.48. The van der Waals surface area contributed by atoms with Crippen molar-refractivity contribution in [2.24, 2.45) is 0 Å². The van der Waals surface area contributed by atoms with Crippen LogP contribution in [0.25, 0.3) is 5.65 Å². The Bertz CT molecular complexity index is 1000. The fraction of sp³-hybridized carbons (Fsp3) is 0.278. The molecule has 1 amide bonds. The molecule has 140 valence electrons. The molecule has 27 heavy (non-hydrogen) atoms. The van der Waals surface area contributed by atoms with Crippen LogP contribution >= 0.6 is 39.1 Å². The lowest BCUT2D eigenvalue weighted by Gasteiger charge is -2.34. The molecule has 0 radical (unpaired) electrons. The zero-order chi connectivity index (χ0) is 19.0. The first-order valence-electron chi connectivity index (χ1n) is 8.47. The largest absolute Gasteiger partial charge is 0.335 e. The van der Waals surface area contributed by atoms with Gasteiger partial charge in [0.25, 0.3) is 5.91 Å². The van der Waals surface area contributed by atoms with Gasteiger partial charge in [-0.15, -0.1) is 0 Å². The van der Waals surface area contributed by atoms with E-state index in [0.717, 1.165) is 25.2 Å². The van der Waals surface area contributed by atoms with E-state index in [0.29, 0.717) is 38.9 Å². The molecule has 0 N–H and O–H groups in total. The first kappa shape index (κ1) is 18.7. The third-order valence-corrected chi connectivity index (χ3v) is 6.06. The molecule has 0 aliphatic carbocycles. The predicted octanol–water partition coefficient (Wildman–Crippen LogP) is 3.76. The van der Waals surface area contributed by atoms with Gasteiger partial charge in [-0.05, 0) is 39.7 Å². The maximum absolute atomic E-state index is 12.9. The van der Waals surface area contributed by atoms with Gasteiger partial charge >= 0.3 is 0 Å². The standard InChI is InChI=1S/C18H16BrCl2N5O/c19-15-16(23-26-5-1-4-22-17(15)26)18(27)25-8-6-24(7-9-25)11-12-2-3-13(20)14(21)10-12/h1-5,10H,6-9,11H2. The van der Waals surface area contributed by atoms with Crippen molar-refractivity contribution < 1.29 is 4.79 Å². The summed E-state index contributed by atoms with van der Waals surface area (Å²) in [6.45, 7) is 3.65. The topological polar surface area (TPSA) is 53.7 Å². The van der Waals surface area contributed by atoms with E-state index in [1.165, 1.54) is 0 Å². The molecule has 9 heteroatoms. The number of aromatic nitrogens is 3. The van der Waals surface area contributed by atoms with Crippen molar-refractivity contribution >= 4 is 50.7 Å². The number of fused-ring (bicyclic) bond motifs is 1. The minimum absolute atomic E-state index is 0.0819. The average molecular weight is 469 g/mol. The summed E-state index contributed by atoms with van der Waals surface area (Å²) < 4.78 is 2.24. The summed E-state index contributed by atoms with van der Waals surface area (Å²) in [7, 11) is 0. The summed E-state index contributed by atoms with van der Waals surface area (Å²) in [5.74, 6) is -0.0819. The third kappa shape index (κ3) is 3.82. The first-order valence-corrected chi connectivity index (χ1v) is 10.0. The number of piperazine rings is 1. The van der Waals surface area contributed by atoms with Gasteiger partial charge in [-0.3, -0.25) is 9.69 Å². The Kier molecular flexibility index (Phi) is 5.36. The van der Waals surface area contributed by atoms with Crippen molar-refractivity contribution in [2.45, 2.75) is 6.54 Å². The highest BCUT2D eigenvalue weighted by Crippen LogP contribution is 2.24. The second-order valence-corrected chi connectivity index (χ2v) is 7.97. The molecule has 2 aromatic heterocycles. The smallest absolute Gasteiger partial charge is 0.275 e. The molecule has 1 saturated heterocycles. The van der Waals surface area contributed by atoms with E-state index in [9.17, 15) is 4.79 Å². The Balaban J connectivity index is 1.41. The van der Waals surface area contributed by atoms with Gasteiger partial charge < -0.3 is 4.90 Å². The van der Waals surface area contributed by atoms with Gasteiger partial charge in [0.1, 0.15) is 0 Å². The zero-order valence-electron chi connectivity index (χ0n) is 14.3. The van der Waals surface area contributed by atoms with E-state index >= 15 is 0 Å². The van der Waals surface area contributed by atoms with Crippen LogP contribution < -0.4 is 0 Å². The Labute approximate surface area is 174 Å². The highest BCUT2D eigenvalue weighted by atomic mass is 79.9. The lowest BCUT2D eigenvalue weighted by molar-refractivity contribution is 0.0621. The van der Waals surface area contributed by atoms with Gasteiger partial charge in [-0.1, -0.05) is 29.3 Å². The number of nitrogens with zero attached hydrogens (tertiary/aromatic N) is 5. The number of hydrogen-bond acceptors (Lipinski definition) is 4. The van der Waals surface area contributed by atoms with E-state index in [4.69, 9.17) is 23.2 Å². The Morgan fingerprint density at radius 1 is 1.15 bits per heavy atom. The number of hydrogen-bond donors (Lipinski definition) is 0. The molecule has 0 saturated carbocycles. The molecule has 1 aliphatic heterocycles. The van der Waals surface area contributed by atoms with Gasteiger partial charge in [0.15, 0.2) is 11.3 Å². The summed E-state index contributed by atoms with van der Waals surface area (Å²) in [4.78, 5) is 21.3. The van der Waals surface area contributed by atoms with Crippen molar-refractivity contribution in [3.05, 3.63) is 62.4 Å². The van der Waals surface area contributed by atoms with Crippen LogP contribution in [0.2, 0.25) is 10.0 Å². The highest BCUT2D eigenvalue weighted by molar-refractivity contribution is 9.10. The molecule has 1 aromatic carbocycles. The summed E-state index contributed by atoms with van der Waals surface area (Å²) >= 11 is 15.5. The molecular weight excluding hydrogens is 453 g/mol. The molecule has 1 aliphatic rings. The second kappa shape index (κ2) is 7.75. The lowest BCUT2D eigenvalue weighted by atomic mass is 10.2. The quantitative estimate of drug-likeness (QED) is 0.587. The second-order valence-electron chi connectivity index (χ2n) is 6.37. The number of halogens is 3. The molecule has 0 unspecified atom stereocenters. The van der Waals surface area contributed by atoms with Crippen molar-refractivity contribution in [3.8, 4) is 0 Å². The number of benzene rings is 1. The summed E-state index contributed by atoms with van der Waals surface area (Å²) in [5.41, 5.74) is 2.14. The van der Waals surface area contributed by atoms with Crippen LogP contribution in [0.5, 0.6) is 0 Å². The summed E-state index contributed by atoms with van der Waals surface area (Å²) in [6.07, 6.45) is 3.46. The van der Waals surface area contributed by atoms with Crippen LogP contribution in [0.3, 0.4) is 0 Å². The molecule has 0 atom stereocenters. The minimum Gasteiger partial charge on any atom is -0.335 e. The molecule has 3 heterocycles. The van der Waals surface area contributed by atoms with Crippen molar-refractivity contribution in [2.75, 3.05) is 26.2 Å². The van der Waals surface area contributed by atoms with Gasteiger partial charge in [0.05, 0.1) is 14.5 Å². The number of rotatable bonds is 3. The normalized spacial score (nSPS) is 15.4. The maximum Gasteiger partial charge on any atom is 0.275 e. The molecule has 1 fully saturated rings. The predicted molar refractivity (Wildman–Crippen MR) is 108 cm³/mol. The fourth-order valence-corrected chi connectivity index (χ4v) is 4.00. The van der Waals surface area contributed by atoms with Gasteiger partial charge in [-0.2, -0.15) is 5.10 Å². The molecule has 3 aromatic rings. The summed E-state index contributed by atoms with van der Waals surface area (Å²) in [6, 6.07) is 7.46. The number of carbonyl (C=O) groups excluding carboxylic acids is 1.